The molecule has 19 heavy (non-hydrogen) atoms. The first kappa shape index (κ1) is 11.9. The standard InChI is InChI=1S/C15H11ClN2O/c1-10-5-11(9-19)7-18-8-14(17-15(10)18)12-3-2-4-13(16)6-12/h2-9H,1H3. The van der Waals surface area contributed by atoms with E-state index in [1.807, 2.05) is 47.9 Å². The van der Waals surface area contributed by atoms with Gasteiger partial charge in [0.25, 0.3) is 0 Å². The summed E-state index contributed by atoms with van der Waals surface area (Å²) < 4.78 is 1.87. The van der Waals surface area contributed by atoms with E-state index in [2.05, 4.69) is 4.98 Å². The van der Waals surface area contributed by atoms with Crippen LogP contribution in [0.4, 0.5) is 0 Å². The number of halogens is 1. The number of pyridine rings is 1. The lowest BCUT2D eigenvalue weighted by atomic mass is 10.2. The summed E-state index contributed by atoms with van der Waals surface area (Å²) in [5, 5.41) is 0.680. The average Bonchev–Trinajstić information content (AvgIpc) is 2.83. The first-order chi connectivity index (χ1) is 9.17. The Labute approximate surface area is 115 Å². The zero-order valence-corrected chi connectivity index (χ0v) is 11.1. The number of carbonyl (C=O) groups is 1. The van der Waals surface area contributed by atoms with E-state index in [9.17, 15) is 4.79 Å². The van der Waals surface area contributed by atoms with E-state index < -0.39 is 0 Å². The van der Waals surface area contributed by atoms with Crippen molar-refractivity contribution in [2.75, 3.05) is 0 Å². The first-order valence-electron chi connectivity index (χ1n) is 5.88. The summed E-state index contributed by atoms with van der Waals surface area (Å²) in [5.74, 6) is 0. The Balaban J connectivity index is 2.21. The maximum atomic E-state index is 10.9. The topological polar surface area (TPSA) is 34.4 Å². The molecular weight excluding hydrogens is 260 g/mol. The largest absolute Gasteiger partial charge is 0.306 e. The summed E-state index contributed by atoms with van der Waals surface area (Å²) in [4.78, 5) is 15.5. The molecule has 0 atom stereocenters. The molecule has 0 unspecified atom stereocenters. The van der Waals surface area contributed by atoms with Gasteiger partial charge in [0.15, 0.2) is 6.29 Å². The van der Waals surface area contributed by atoms with Gasteiger partial charge in [0.2, 0.25) is 0 Å². The molecule has 2 heterocycles. The minimum atomic E-state index is 0.639. The van der Waals surface area contributed by atoms with E-state index >= 15 is 0 Å². The molecule has 0 aliphatic rings. The predicted molar refractivity (Wildman–Crippen MR) is 75.8 cm³/mol. The second-order valence-electron chi connectivity index (χ2n) is 4.44. The fraction of sp³-hybridized carbons (Fsp3) is 0.0667. The Morgan fingerprint density at radius 3 is 2.84 bits per heavy atom. The fourth-order valence-corrected chi connectivity index (χ4v) is 2.34. The van der Waals surface area contributed by atoms with E-state index in [-0.39, 0.29) is 0 Å². The van der Waals surface area contributed by atoms with Gasteiger partial charge in [-0.25, -0.2) is 4.98 Å². The minimum Gasteiger partial charge on any atom is -0.306 e. The van der Waals surface area contributed by atoms with Gasteiger partial charge >= 0.3 is 0 Å². The summed E-state index contributed by atoms with van der Waals surface area (Å²) in [7, 11) is 0. The molecule has 0 radical (unpaired) electrons. The average molecular weight is 271 g/mol. The Morgan fingerprint density at radius 1 is 1.26 bits per heavy atom. The van der Waals surface area contributed by atoms with Crippen molar-refractivity contribution in [3.63, 3.8) is 0 Å². The Kier molecular flexibility index (Phi) is 2.84. The first-order valence-corrected chi connectivity index (χ1v) is 6.25. The van der Waals surface area contributed by atoms with E-state index in [0.717, 1.165) is 28.8 Å². The third-order valence-corrected chi connectivity index (χ3v) is 3.25. The van der Waals surface area contributed by atoms with Crippen molar-refractivity contribution in [3.05, 3.63) is 58.9 Å². The minimum absolute atomic E-state index is 0.639. The number of benzene rings is 1. The molecule has 94 valence electrons. The van der Waals surface area contributed by atoms with Crippen molar-refractivity contribution in [1.82, 2.24) is 9.38 Å². The van der Waals surface area contributed by atoms with E-state index in [1.54, 1.807) is 6.20 Å². The molecule has 1 aromatic carbocycles. The Morgan fingerprint density at radius 2 is 2.11 bits per heavy atom. The van der Waals surface area contributed by atoms with Crippen LogP contribution in [-0.2, 0) is 0 Å². The molecule has 0 saturated carbocycles. The van der Waals surface area contributed by atoms with Crippen LogP contribution >= 0.6 is 11.6 Å². The van der Waals surface area contributed by atoms with Gasteiger partial charge in [-0.2, -0.15) is 0 Å². The maximum absolute atomic E-state index is 10.9. The van der Waals surface area contributed by atoms with Crippen molar-refractivity contribution in [3.8, 4) is 11.3 Å². The smallest absolute Gasteiger partial charge is 0.151 e. The molecule has 0 amide bonds. The molecular formula is C15H11ClN2O. The van der Waals surface area contributed by atoms with Crippen LogP contribution in [0.15, 0.2) is 42.7 Å². The number of hydrogen-bond acceptors (Lipinski definition) is 2. The van der Waals surface area contributed by atoms with Gasteiger partial charge in [0.1, 0.15) is 5.65 Å². The second-order valence-corrected chi connectivity index (χ2v) is 4.88. The van der Waals surface area contributed by atoms with E-state index in [1.165, 1.54) is 0 Å². The molecule has 3 nitrogen and oxygen atoms in total. The van der Waals surface area contributed by atoms with E-state index in [0.29, 0.717) is 10.6 Å². The summed E-state index contributed by atoms with van der Waals surface area (Å²) in [6.07, 6.45) is 4.52. The molecule has 0 bridgehead atoms. The van der Waals surface area contributed by atoms with Crippen molar-refractivity contribution >= 4 is 23.5 Å². The van der Waals surface area contributed by atoms with Crippen LogP contribution < -0.4 is 0 Å². The summed E-state index contributed by atoms with van der Waals surface area (Å²) in [5.41, 5.74) is 4.26. The molecule has 0 N–H and O–H groups in total. The third kappa shape index (κ3) is 2.13. The summed E-state index contributed by atoms with van der Waals surface area (Å²) in [6.45, 7) is 1.94. The normalized spacial score (nSPS) is 10.8. The van der Waals surface area contributed by atoms with Gasteiger partial charge in [-0.15, -0.1) is 0 Å². The van der Waals surface area contributed by atoms with Crippen LogP contribution in [-0.4, -0.2) is 15.7 Å². The number of carbonyl (C=O) groups excluding carboxylic acids is 1. The number of aryl methyl sites for hydroxylation is 1. The van der Waals surface area contributed by atoms with Crippen molar-refractivity contribution in [2.45, 2.75) is 6.92 Å². The second kappa shape index (κ2) is 4.52. The monoisotopic (exact) mass is 270 g/mol. The lowest BCUT2D eigenvalue weighted by Gasteiger charge is -1.98. The van der Waals surface area contributed by atoms with E-state index in [4.69, 9.17) is 11.6 Å². The number of fused-ring (bicyclic) bond motifs is 1. The molecule has 0 aliphatic heterocycles. The molecule has 0 spiro atoms. The zero-order valence-electron chi connectivity index (χ0n) is 10.3. The maximum Gasteiger partial charge on any atom is 0.151 e. The highest BCUT2D eigenvalue weighted by Gasteiger charge is 2.07. The number of hydrogen-bond donors (Lipinski definition) is 0. The van der Waals surface area contributed by atoms with Gasteiger partial charge in [-0.1, -0.05) is 23.7 Å². The summed E-state index contributed by atoms with van der Waals surface area (Å²) in [6, 6.07) is 9.39. The lowest BCUT2D eigenvalue weighted by Crippen LogP contribution is -1.91. The summed E-state index contributed by atoms with van der Waals surface area (Å²) >= 11 is 5.99. The molecule has 0 fully saturated rings. The SMILES string of the molecule is Cc1cc(C=O)cn2cc(-c3cccc(Cl)c3)nc12. The van der Waals surface area contributed by atoms with Crippen LogP contribution in [0.3, 0.4) is 0 Å². The fourth-order valence-electron chi connectivity index (χ4n) is 2.15. The van der Waals surface area contributed by atoms with Crippen LogP contribution in [0.1, 0.15) is 15.9 Å². The van der Waals surface area contributed by atoms with Gasteiger partial charge in [0.05, 0.1) is 5.69 Å². The van der Waals surface area contributed by atoms with Gasteiger partial charge in [0, 0.05) is 28.5 Å². The molecule has 0 aliphatic carbocycles. The highest BCUT2D eigenvalue weighted by Crippen LogP contribution is 2.23. The van der Waals surface area contributed by atoms with Crippen molar-refractivity contribution in [1.29, 1.82) is 0 Å². The number of aldehydes is 1. The van der Waals surface area contributed by atoms with Crippen LogP contribution in [0.5, 0.6) is 0 Å². The predicted octanol–water partition coefficient (Wildman–Crippen LogP) is 3.78. The van der Waals surface area contributed by atoms with Gasteiger partial charge in [-0.3, -0.25) is 4.79 Å². The number of imidazole rings is 1. The molecule has 0 saturated heterocycles. The Bertz CT molecular complexity index is 777. The van der Waals surface area contributed by atoms with Gasteiger partial charge < -0.3 is 4.40 Å². The molecule has 3 rings (SSSR count). The zero-order chi connectivity index (χ0) is 13.4. The Hall–Kier alpha value is -2.13. The lowest BCUT2D eigenvalue weighted by molar-refractivity contribution is 0.112. The van der Waals surface area contributed by atoms with Crippen LogP contribution in [0.2, 0.25) is 5.02 Å². The highest BCUT2D eigenvalue weighted by atomic mass is 35.5. The quantitative estimate of drug-likeness (QED) is 0.664. The van der Waals surface area contributed by atoms with Crippen LogP contribution in [0.25, 0.3) is 16.9 Å². The number of aromatic nitrogens is 2. The van der Waals surface area contributed by atoms with Crippen molar-refractivity contribution in [2.24, 2.45) is 0 Å². The third-order valence-electron chi connectivity index (χ3n) is 3.01. The highest BCUT2D eigenvalue weighted by molar-refractivity contribution is 6.30. The molecule has 2 aromatic heterocycles. The number of nitrogens with zero attached hydrogens (tertiary/aromatic N) is 2. The van der Waals surface area contributed by atoms with Crippen LogP contribution in [0, 0.1) is 6.92 Å². The molecule has 4 heteroatoms. The molecule has 3 aromatic rings. The number of rotatable bonds is 2. The van der Waals surface area contributed by atoms with Gasteiger partial charge in [-0.05, 0) is 30.7 Å². The van der Waals surface area contributed by atoms with Crippen molar-refractivity contribution < 1.29 is 4.79 Å².